The summed E-state index contributed by atoms with van der Waals surface area (Å²) in [6.07, 6.45) is 0.115. The number of nitrogens with one attached hydrogen (secondary N) is 1. The Morgan fingerprint density at radius 2 is 2.05 bits per heavy atom. The van der Waals surface area contributed by atoms with E-state index in [1.807, 2.05) is 45.2 Å². The number of carbonyl (C=O) groups is 1. The van der Waals surface area contributed by atoms with E-state index >= 15 is 0 Å². The van der Waals surface area contributed by atoms with Gasteiger partial charge in [-0.1, -0.05) is 36.8 Å². The molecule has 1 atom stereocenters. The summed E-state index contributed by atoms with van der Waals surface area (Å²) in [6.45, 7) is 3.97. The Morgan fingerprint density at radius 1 is 1.40 bits per heavy atom. The topological polar surface area (TPSA) is 62.2 Å². The van der Waals surface area contributed by atoms with Crippen LogP contribution in [0.3, 0.4) is 0 Å². The van der Waals surface area contributed by atoms with Gasteiger partial charge in [-0.3, -0.25) is 4.79 Å². The molecule has 0 aliphatic carbocycles. The summed E-state index contributed by atoms with van der Waals surface area (Å²) >= 11 is 1.52. The standard InChI is InChI=1S/C15H18N2O2S/c1-9-4-6-11(7-5-9)13-14(10(2)8-12(18)19)20-15(16-3)17-13/h4-7,10H,8H2,1-3H3,(H,16,17)(H,18,19). The Hall–Kier alpha value is -1.88. The minimum atomic E-state index is -0.785. The van der Waals surface area contributed by atoms with Crippen LogP contribution in [0.5, 0.6) is 0 Å². The van der Waals surface area contributed by atoms with Crippen molar-refractivity contribution in [3.8, 4) is 11.3 Å². The second kappa shape index (κ2) is 6.05. The molecule has 0 spiro atoms. The number of hydrogen-bond acceptors (Lipinski definition) is 4. The van der Waals surface area contributed by atoms with E-state index in [0.717, 1.165) is 21.3 Å². The van der Waals surface area contributed by atoms with Gasteiger partial charge in [0.1, 0.15) is 0 Å². The van der Waals surface area contributed by atoms with Gasteiger partial charge in [-0.25, -0.2) is 4.98 Å². The fourth-order valence-corrected chi connectivity index (χ4v) is 3.04. The molecule has 0 saturated heterocycles. The number of aliphatic carboxylic acids is 1. The van der Waals surface area contributed by atoms with Gasteiger partial charge in [-0.15, -0.1) is 11.3 Å². The lowest BCUT2D eigenvalue weighted by molar-refractivity contribution is -0.137. The third-order valence-electron chi connectivity index (χ3n) is 3.12. The van der Waals surface area contributed by atoms with Gasteiger partial charge in [0.15, 0.2) is 5.13 Å². The molecule has 0 aliphatic heterocycles. The molecule has 20 heavy (non-hydrogen) atoms. The van der Waals surface area contributed by atoms with Crippen molar-refractivity contribution in [2.75, 3.05) is 12.4 Å². The lowest BCUT2D eigenvalue weighted by Gasteiger charge is -2.08. The van der Waals surface area contributed by atoms with Crippen LogP contribution in [0.15, 0.2) is 24.3 Å². The van der Waals surface area contributed by atoms with Crippen LogP contribution in [-0.4, -0.2) is 23.1 Å². The van der Waals surface area contributed by atoms with Gasteiger partial charge in [-0.2, -0.15) is 0 Å². The molecule has 2 aromatic rings. The first-order valence-electron chi connectivity index (χ1n) is 6.48. The fourth-order valence-electron chi connectivity index (χ4n) is 2.05. The zero-order valence-corrected chi connectivity index (χ0v) is 12.6. The molecule has 0 fully saturated rings. The van der Waals surface area contributed by atoms with Crippen molar-refractivity contribution in [1.82, 2.24) is 4.98 Å². The first kappa shape index (κ1) is 14.5. The average molecular weight is 290 g/mol. The third-order valence-corrected chi connectivity index (χ3v) is 4.43. The van der Waals surface area contributed by atoms with Gasteiger partial charge in [0, 0.05) is 23.4 Å². The number of aryl methyl sites for hydroxylation is 1. The van der Waals surface area contributed by atoms with Gasteiger partial charge in [0.25, 0.3) is 0 Å². The van der Waals surface area contributed by atoms with Crippen LogP contribution in [0.1, 0.15) is 29.7 Å². The van der Waals surface area contributed by atoms with Crippen LogP contribution in [0, 0.1) is 6.92 Å². The van der Waals surface area contributed by atoms with Crippen LogP contribution >= 0.6 is 11.3 Å². The van der Waals surface area contributed by atoms with Crippen molar-refractivity contribution in [2.45, 2.75) is 26.2 Å². The van der Waals surface area contributed by atoms with Crippen LogP contribution in [-0.2, 0) is 4.79 Å². The summed E-state index contributed by atoms with van der Waals surface area (Å²) < 4.78 is 0. The number of hydrogen-bond donors (Lipinski definition) is 2. The molecule has 0 saturated carbocycles. The van der Waals surface area contributed by atoms with E-state index in [4.69, 9.17) is 5.11 Å². The van der Waals surface area contributed by atoms with Gasteiger partial charge in [-0.05, 0) is 6.92 Å². The quantitative estimate of drug-likeness (QED) is 0.880. The van der Waals surface area contributed by atoms with Crippen LogP contribution < -0.4 is 5.32 Å². The van der Waals surface area contributed by atoms with E-state index < -0.39 is 5.97 Å². The monoisotopic (exact) mass is 290 g/mol. The van der Waals surface area contributed by atoms with E-state index in [-0.39, 0.29) is 12.3 Å². The van der Waals surface area contributed by atoms with Gasteiger partial charge in [0.05, 0.1) is 12.1 Å². The lowest BCUT2D eigenvalue weighted by Crippen LogP contribution is -2.02. The Morgan fingerprint density at radius 3 is 2.60 bits per heavy atom. The molecular formula is C15H18N2O2S. The lowest BCUT2D eigenvalue weighted by atomic mass is 10.0. The Kier molecular flexibility index (Phi) is 4.39. The number of aromatic nitrogens is 1. The smallest absolute Gasteiger partial charge is 0.303 e. The van der Waals surface area contributed by atoms with Crippen LogP contribution in [0.4, 0.5) is 5.13 Å². The molecule has 1 heterocycles. The molecule has 1 unspecified atom stereocenters. The van der Waals surface area contributed by atoms with Crippen LogP contribution in [0.25, 0.3) is 11.3 Å². The number of thiazole rings is 1. The molecule has 4 nitrogen and oxygen atoms in total. The van der Waals surface area contributed by atoms with Crippen molar-refractivity contribution in [1.29, 1.82) is 0 Å². The minimum Gasteiger partial charge on any atom is -0.481 e. The highest BCUT2D eigenvalue weighted by Crippen LogP contribution is 2.37. The average Bonchev–Trinajstić information content (AvgIpc) is 2.83. The van der Waals surface area contributed by atoms with E-state index in [2.05, 4.69) is 10.3 Å². The Labute approximate surface area is 122 Å². The fraction of sp³-hybridized carbons (Fsp3) is 0.333. The van der Waals surface area contributed by atoms with Crippen LogP contribution in [0.2, 0.25) is 0 Å². The third kappa shape index (κ3) is 3.17. The largest absolute Gasteiger partial charge is 0.481 e. The second-order valence-electron chi connectivity index (χ2n) is 4.85. The van der Waals surface area contributed by atoms with E-state index in [1.165, 1.54) is 16.9 Å². The first-order valence-corrected chi connectivity index (χ1v) is 7.30. The van der Waals surface area contributed by atoms with Crippen molar-refractivity contribution >= 4 is 22.4 Å². The highest BCUT2D eigenvalue weighted by atomic mass is 32.1. The molecule has 1 aromatic carbocycles. The van der Waals surface area contributed by atoms with E-state index in [0.29, 0.717) is 0 Å². The van der Waals surface area contributed by atoms with Gasteiger partial charge >= 0.3 is 5.97 Å². The SMILES string of the molecule is CNc1nc(-c2ccc(C)cc2)c(C(C)CC(=O)O)s1. The number of anilines is 1. The van der Waals surface area contributed by atoms with Crippen molar-refractivity contribution in [2.24, 2.45) is 0 Å². The minimum absolute atomic E-state index is 0.0524. The number of carboxylic acids is 1. The number of rotatable bonds is 5. The molecule has 0 bridgehead atoms. The zero-order chi connectivity index (χ0) is 14.7. The summed E-state index contributed by atoms with van der Waals surface area (Å²) in [6, 6.07) is 8.14. The van der Waals surface area contributed by atoms with E-state index in [1.54, 1.807) is 0 Å². The van der Waals surface area contributed by atoms with Crippen molar-refractivity contribution in [3.63, 3.8) is 0 Å². The maximum absolute atomic E-state index is 10.9. The summed E-state index contributed by atoms with van der Waals surface area (Å²) in [4.78, 5) is 16.5. The molecule has 0 aliphatic rings. The molecule has 106 valence electrons. The molecule has 0 amide bonds. The predicted octanol–water partition coefficient (Wildman–Crippen LogP) is 3.74. The molecule has 2 rings (SSSR count). The zero-order valence-electron chi connectivity index (χ0n) is 11.8. The highest BCUT2D eigenvalue weighted by Gasteiger charge is 2.20. The van der Waals surface area contributed by atoms with Gasteiger partial charge in [0.2, 0.25) is 0 Å². The van der Waals surface area contributed by atoms with Gasteiger partial charge < -0.3 is 10.4 Å². The first-order chi connectivity index (χ1) is 9.51. The molecule has 1 aromatic heterocycles. The van der Waals surface area contributed by atoms with Crippen molar-refractivity contribution in [3.05, 3.63) is 34.7 Å². The second-order valence-corrected chi connectivity index (χ2v) is 5.88. The highest BCUT2D eigenvalue weighted by molar-refractivity contribution is 7.16. The molecule has 0 radical (unpaired) electrons. The number of benzene rings is 1. The maximum Gasteiger partial charge on any atom is 0.303 e. The predicted molar refractivity (Wildman–Crippen MR) is 82.5 cm³/mol. The normalized spacial score (nSPS) is 12.2. The summed E-state index contributed by atoms with van der Waals surface area (Å²) in [5, 5.41) is 12.8. The van der Waals surface area contributed by atoms with Crippen molar-refractivity contribution < 1.29 is 9.90 Å². The number of carboxylic acid groups (broad SMARTS) is 1. The molecular weight excluding hydrogens is 272 g/mol. The van der Waals surface area contributed by atoms with E-state index in [9.17, 15) is 4.79 Å². The molecule has 2 N–H and O–H groups in total. The maximum atomic E-state index is 10.9. The Bertz CT molecular complexity index is 605. The summed E-state index contributed by atoms with van der Waals surface area (Å²) in [5.74, 6) is -0.838. The summed E-state index contributed by atoms with van der Waals surface area (Å²) in [5.41, 5.74) is 3.10. The summed E-state index contributed by atoms with van der Waals surface area (Å²) in [7, 11) is 1.82. The Balaban J connectivity index is 2.43. The number of nitrogens with zero attached hydrogens (tertiary/aromatic N) is 1. The molecule has 5 heteroatoms.